The average Bonchev–Trinajstić information content (AvgIpc) is 2.53. The number of carbonyl (C=O) groups excluding carboxylic acids is 1. The predicted octanol–water partition coefficient (Wildman–Crippen LogP) is -0.0000800. The number of urea groups is 1. The molecule has 0 bridgehead atoms. The van der Waals surface area contributed by atoms with Crippen molar-refractivity contribution in [3.63, 3.8) is 0 Å². The summed E-state index contributed by atoms with van der Waals surface area (Å²) in [4.78, 5) is 10.7. The Morgan fingerprint density at radius 2 is 2.46 bits per heavy atom. The van der Waals surface area contributed by atoms with E-state index in [2.05, 4.69) is 21.0 Å². The number of nitrogens with one attached hydrogen (secondary N) is 2. The molecule has 2 rings (SSSR count). The Kier molecular flexibility index (Phi) is 1.73. The third kappa shape index (κ3) is 1.51. The Morgan fingerprint density at radius 1 is 1.62 bits per heavy atom. The molecule has 0 saturated carbocycles. The molecule has 2 amide bonds. The number of nitrogens with zero attached hydrogens (tertiary/aromatic N) is 2. The molecule has 0 aromatic carbocycles. The van der Waals surface area contributed by atoms with Gasteiger partial charge in [-0.05, 0) is 6.92 Å². The Bertz CT molecular complexity index is 368. The molecule has 68 valence electrons. The minimum Gasteiger partial charge on any atom is -0.361 e. The highest BCUT2D eigenvalue weighted by Gasteiger charge is 2.14. The van der Waals surface area contributed by atoms with Gasteiger partial charge in [0.1, 0.15) is 17.2 Å². The van der Waals surface area contributed by atoms with Gasteiger partial charge in [-0.25, -0.2) is 10.2 Å². The van der Waals surface area contributed by atoms with Gasteiger partial charge < -0.3 is 9.84 Å². The van der Waals surface area contributed by atoms with Crippen molar-refractivity contribution in [3.05, 3.63) is 17.5 Å². The molecule has 0 aliphatic carbocycles. The summed E-state index contributed by atoms with van der Waals surface area (Å²) in [5.74, 6) is 0.717. The Morgan fingerprint density at radius 3 is 3.00 bits per heavy atom. The first-order valence-electron chi connectivity index (χ1n) is 3.80. The van der Waals surface area contributed by atoms with E-state index < -0.39 is 0 Å². The van der Waals surface area contributed by atoms with Crippen LogP contribution in [0.2, 0.25) is 0 Å². The van der Waals surface area contributed by atoms with Crippen molar-refractivity contribution in [3.8, 4) is 0 Å². The number of hydrogen-bond donors (Lipinski definition) is 2. The van der Waals surface area contributed by atoms with Gasteiger partial charge in [0.15, 0.2) is 0 Å². The first kappa shape index (κ1) is 7.78. The number of carbonyl (C=O) groups is 1. The van der Waals surface area contributed by atoms with Crippen LogP contribution in [0.4, 0.5) is 4.79 Å². The van der Waals surface area contributed by atoms with Crippen LogP contribution < -0.4 is 10.7 Å². The second-order valence-corrected chi connectivity index (χ2v) is 2.68. The summed E-state index contributed by atoms with van der Waals surface area (Å²) in [6.07, 6.45) is 0. The predicted molar refractivity (Wildman–Crippen MR) is 44.3 cm³/mol. The molecule has 0 saturated heterocycles. The molecule has 1 aliphatic heterocycles. The zero-order valence-corrected chi connectivity index (χ0v) is 7.00. The molecular weight excluding hydrogens is 172 g/mol. The fourth-order valence-corrected chi connectivity index (χ4v) is 1.01. The normalized spacial score (nSPS) is 16.1. The summed E-state index contributed by atoms with van der Waals surface area (Å²) in [5, 5.41) is 10.2. The maximum atomic E-state index is 10.7. The lowest BCUT2D eigenvalue weighted by Gasteiger charge is -2.10. The van der Waals surface area contributed by atoms with Crippen molar-refractivity contribution in [2.45, 2.75) is 6.92 Å². The van der Waals surface area contributed by atoms with Gasteiger partial charge in [0, 0.05) is 6.07 Å². The highest BCUT2D eigenvalue weighted by molar-refractivity contribution is 6.03. The van der Waals surface area contributed by atoms with E-state index >= 15 is 0 Å². The molecule has 2 N–H and O–H groups in total. The van der Waals surface area contributed by atoms with Gasteiger partial charge in [-0.2, -0.15) is 5.10 Å². The molecule has 0 fully saturated rings. The fourth-order valence-electron chi connectivity index (χ4n) is 1.01. The van der Waals surface area contributed by atoms with Crippen LogP contribution in [0.25, 0.3) is 0 Å². The van der Waals surface area contributed by atoms with Crippen LogP contribution in [0.3, 0.4) is 0 Å². The van der Waals surface area contributed by atoms with Crippen molar-refractivity contribution in [1.29, 1.82) is 0 Å². The highest BCUT2D eigenvalue weighted by atomic mass is 16.5. The van der Waals surface area contributed by atoms with E-state index in [1.807, 2.05) is 0 Å². The molecule has 6 nitrogen and oxygen atoms in total. The molecule has 0 unspecified atom stereocenters. The largest absolute Gasteiger partial charge is 0.361 e. The quantitative estimate of drug-likeness (QED) is 0.638. The van der Waals surface area contributed by atoms with Gasteiger partial charge in [-0.1, -0.05) is 5.16 Å². The molecule has 0 radical (unpaired) electrons. The van der Waals surface area contributed by atoms with E-state index in [9.17, 15) is 4.79 Å². The first-order valence-corrected chi connectivity index (χ1v) is 3.80. The van der Waals surface area contributed by atoms with Crippen molar-refractivity contribution in [1.82, 2.24) is 15.9 Å². The smallest absolute Gasteiger partial charge is 0.335 e. The lowest BCUT2D eigenvalue weighted by atomic mass is 10.2. The van der Waals surface area contributed by atoms with E-state index in [0.29, 0.717) is 18.0 Å². The summed E-state index contributed by atoms with van der Waals surface area (Å²) in [5.41, 5.74) is 3.60. The van der Waals surface area contributed by atoms with Gasteiger partial charge >= 0.3 is 6.03 Å². The lowest BCUT2D eigenvalue weighted by Crippen LogP contribution is -2.42. The summed E-state index contributed by atoms with van der Waals surface area (Å²) in [7, 11) is 0. The van der Waals surface area contributed by atoms with Gasteiger partial charge in [-0.3, -0.25) is 0 Å². The average molecular weight is 180 g/mol. The summed E-state index contributed by atoms with van der Waals surface area (Å²) in [6.45, 7) is 2.17. The Balaban J connectivity index is 2.22. The minimum atomic E-state index is -0.302. The second-order valence-electron chi connectivity index (χ2n) is 2.68. The number of aryl methyl sites for hydroxylation is 1. The van der Waals surface area contributed by atoms with E-state index in [1.54, 1.807) is 13.0 Å². The topological polar surface area (TPSA) is 79.5 Å². The molecule has 0 spiro atoms. The van der Waals surface area contributed by atoms with Crippen LogP contribution in [-0.4, -0.2) is 23.4 Å². The van der Waals surface area contributed by atoms with E-state index in [0.717, 1.165) is 5.76 Å². The second kappa shape index (κ2) is 2.89. The van der Waals surface area contributed by atoms with Gasteiger partial charge in [-0.15, -0.1) is 0 Å². The van der Waals surface area contributed by atoms with Crippen LogP contribution >= 0.6 is 0 Å². The Hall–Kier alpha value is -1.85. The molecule has 6 heteroatoms. The minimum absolute atomic E-state index is 0.302. The van der Waals surface area contributed by atoms with Crippen LogP contribution in [-0.2, 0) is 0 Å². The maximum absolute atomic E-state index is 10.7. The van der Waals surface area contributed by atoms with E-state index in [1.165, 1.54) is 0 Å². The number of aromatic nitrogens is 1. The van der Waals surface area contributed by atoms with Crippen LogP contribution in [0, 0.1) is 6.92 Å². The monoisotopic (exact) mass is 180 g/mol. The van der Waals surface area contributed by atoms with E-state index in [4.69, 9.17) is 4.52 Å². The SMILES string of the molecule is Cc1cc(C2=NNC(=O)NC2)no1. The summed E-state index contributed by atoms with van der Waals surface area (Å²) >= 11 is 0. The molecule has 13 heavy (non-hydrogen) atoms. The molecule has 0 atom stereocenters. The molecule has 1 aliphatic rings. The number of hydrogen-bond acceptors (Lipinski definition) is 4. The molecule has 1 aromatic heterocycles. The molecule has 1 aromatic rings. The third-order valence-corrected chi connectivity index (χ3v) is 1.63. The van der Waals surface area contributed by atoms with Crippen molar-refractivity contribution in [2.75, 3.05) is 6.54 Å². The summed E-state index contributed by atoms with van der Waals surface area (Å²) in [6, 6.07) is 1.46. The maximum Gasteiger partial charge on any atom is 0.335 e. The first-order chi connectivity index (χ1) is 6.25. The van der Waals surface area contributed by atoms with Crippen LogP contribution in [0.15, 0.2) is 15.7 Å². The van der Waals surface area contributed by atoms with Crippen molar-refractivity contribution in [2.24, 2.45) is 5.10 Å². The van der Waals surface area contributed by atoms with E-state index in [-0.39, 0.29) is 6.03 Å². The van der Waals surface area contributed by atoms with Crippen molar-refractivity contribution >= 4 is 11.7 Å². The zero-order chi connectivity index (χ0) is 9.26. The van der Waals surface area contributed by atoms with Crippen molar-refractivity contribution < 1.29 is 9.32 Å². The Labute approximate surface area is 74.0 Å². The lowest BCUT2D eigenvalue weighted by molar-refractivity contribution is 0.241. The van der Waals surface area contributed by atoms with Crippen LogP contribution in [0.5, 0.6) is 0 Å². The fraction of sp³-hybridized carbons (Fsp3) is 0.286. The van der Waals surface area contributed by atoms with Gasteiger partial charge in [0.2, 0.25) is 0 Å². The molecular formula is C7H8N4O2. The third-order valence-electron chi connectivity index (χ3n) is 1.63. The zero-order valence-electron chi connectivity index (χ0n) is 7.00. The summed E-state index contributed by atoms with van der Waals surface area (Å²) < 4.78 is 4.87. The highest BCUT2D eigenvalue weighted by Crippen LogP contribution is 2.03. The van der Waals surface area contributed by atoms with Gasteiger partial charge in [0.25, 0.3) is 0 Å². The van der Waals surface area contributed by atoms with Crippen LogP contribution in [0.1, 0.15) is 11.5 Å². The molecule has 2 heterocycles. The number of hydrazone groups is 1. The number of amides is 2. The van der Waals surface area contributed by atoms with Gasteiger partial charge in [0.05, 0.1) is 6.54 Å². The number of rotatable bonds is 1. The standard InChI is InChI=1S/C7H8N4O2/c1-4-2-5(11-13-4)6-3-8-7(12)10-9-6/h2H,3H2,1H3,(H2,8,10,12).